The summed E-state index contributed by atoms with van der Waals surface area (Å²) >= 11 is 0. The summed E-state index contributed by atoms with van der Waals surface area (Å²) in [5, 5.41) is 3.44. The van der Waals surface area contributed by atoms with Crippen molar-refractivity contribution in [3.63, 3.8) is 0 Å². The molecule has 0 bridgehead atoms. The molecule has 2 unspecified atom stereocenters. The fraction of sp³-hybridized carbons (Fsp3) is 0.571. The zero-order valence-electron chi connectivity index (χ0n) is 9.61. The average Bonchev–Trinajstić information content (AvgIpc) is 2.82. The Hall–Kier alpha value is -1.02. The first-order valence-corrected chi connectivity index (χ1v) is 6.33. The van der Waals surface area contributed by atoms with Crippen LogP contribution in [-0.4, -0.2) is 19.7 Å². The summed E-state index contributed by atoms with van der Waals surface area (Å²) in [7, 11) is 0. The van der Waals surface area contributed by atoms with Crippen molar-refractivity contribution in [3.05, 3.63) is 29.8 Å². The minimum atomic E-state index is 0.722. The van der Waals surface area contributed by atoms with Gasteiger partial charge in [-0.05, 0) is 55.8 Å². The largest absolute Gasteiger partial charge is 0.493 e. The summed E-state index contributed by atoms with van der Waals surface area (Å²) in [6.07, 6.45) is 3.87. The second-order valence-corrected chi connectivity index (χ2v) is 5.08. The molecule has 0 aliphatic carbocycles. The molecule has 3 rings (SSSR count). The average molecular weight is 217 g/mol. The molecule has 1 N–H and O–H groups in total. The number of hydrogen-bond acceptors (Lipinski definition) is 2. The Kier molecular flexibility index (Phi) is 2.83. The van der Waals surface area contributed by atoms with Crippen LogP contribution in [0.2, 0.25) is 0 Å². The molecular weight excluding hydrogens is 198 g/mol. The van der Waals surface area contributed by atoms with Gasteiger partial charge in [0, 0.05) is 0 Å². The van der Waals surface area contributed by atoms with E-state index >= 15 is 0 Å². The second-order valence-electron chi connectivity index (χ2n) is 5.08. The summed E-state index contributed by atoms with van der Waals surface area (Å²) < 4.78 is 5.83. The normalized spacial score (nSPS) is 28.5. The lowest BCUT2D eigenvalue weighted by Gasteiger charge is -2.26. The van der Waals surface area contributed by atoms with Crippen LogP contribution in [0, 0.1) is 11.8 Å². The predicted molar refractivity (Wildman–Crippen MR) is 64.7 cm³/mol. The van der Waals surface area contributed by atoms with Gasteiger partial charge in [-0.25, -0.2) is 0 Å². The van der Waals surface area contributed by atoms with E-state index in [0.717, 1.165) is 24.2 Å². The van der Waals surface area contributed by atoms with Crippen molar-refractivity contribution in [1.29, 1.82) is 0 Å². The van der Waals surface area contributed by atoms with Crippen LogP contribution in [0.3, 0.4) is 0 Å². The number of hydrogen-bond donors (Lipinski definition) is 1. The van der Waals surface area contributed by atoms with Gasteiger partial charge in [-0.2, -0.15) is 0 Å². The van der Waals surface area contributed by atoms with Gasteiger partial charge in [-0.3, -0.25) is 0 Å². The van der Waals surface area contributed by atoms with E-state index in [2.05, 4.69) is 29.6 Å². The first-order chi connectivity index (χ1) is 7.92. The lowest BCUT2D eigenvalue weighted by molar-refractivity contribution is 0.198. The highest BCUT2D eigenvalue weighted by atomic mass is 16.5. The summed E-state index contributed by atoms with van der Waals surface area (Å²) in [6, 6.07) is 8.46. The van der Waals surface area contributed by atoms with Crippen molar-refractivity contribution in [3.8, 4) is 5.75 Å². The Morgan fingerprint density at radius 1 is 1.25 bits per heavy atom. The van der Waals surface area contributed by atoms with E-state index in [1.165, 1.54) is 37.9 Å². The molecule has 16 heavy (non-hydrogen) atoms. The molecule has 86 valence electrons. The van der Waals surface area contributed by atoms with E-state index in [9.17, 15) is 0 Å². The zero-order valence-corrected chi connectivity index (χ0v) is 9.61. The van der Waals surface area contributed by atoms with E-state index in [4.69, 9.17) is 4.74 Å². The molecule has 0 spiro atoms. The third-order valence-corrected chi connectivity index (χ3v) is 3.78. The van der Waals surface area contributed by atoms with Crippen molar-refractivity contribution in [2.75, 3.05) is 19.7 Å². The van der Waals surface area contributed by atoms with Crippen LogP contribution in [0.25, 0.3) is 0 Å². The fourth-order valence-corrected chi connectivity index (χ4v) is 2.93. The van der Waals surface area contributed by atoms with E-state index in [1.807, 2.05) is 0 Å². The fourth-order valence-electron chi connectivity index (χ4n) is 2.93. The smallest absolute Gasteiger partial charge is 0.122 e. The highest BCUT2D eigenvalue weighted by Crippen LogP contribution is 2.30. The van der Waals surface area contributed by atoms with Gasteiger partial charge in [0.05, 0.1) is 6.61 Å². The third kappa shape index (κ3) is 2.07. The van der Waals surface area contributed by atoms with Crippen molar-refractivity contribution in [1.82, 2.24) is 5.32 Å². The van der Waals surface area contributed by atoms with Gasteiger partial charge >= 0.3 is 0 Å². The molecule has 0 saturated carbocycles. The minimum Gasteiger partial charge on any atom is -0.493 e. The summed E-state index contributed by atoms with van der Waals surface area (Å²) in [6.45, 7) is 3.32. The number of ether oxygens (including phenoxy) is 1. The van der Waals surface area contributed by atoms with Gasteiger partial charge in [0.15, 0.2) is 0 Å². The van der Waals surface area contributed by atoms with Gasteiger partial charge in [0.1, 0.15) is 5.75 Å². The van der Waals surface area contributed by atoms with Crippen LogP contribution in [-0.2, 0) is 6.42 Å². The summed E-state index contributed by atoms with van der Waals surface area (Å²) in [5.74, 6) is 2.70. The van der Waals surface area contributed by atoms with Crippen molar-refractivity contribution >= 4 is 0 Å². The first-order valence-electron chi connectivity index (χ1n) is 6.33. The molecule has 0 aromatic heterocycles. The second kappa shape index (κ2) is 4.46. The van der Waals surface area contributed by atoms with Gasteiger partial charge in [0.25, 0.3) is 0 Å². The predicted octanol–water partition coefficient (Wildman–Crippen LogP) is 2.24. The highest BCUT2D eigenvalue weighted by Gasteiger charge is 2.24. The Bertz CT molecular complexity index is 358. The first kappa shape index (κ1) is 10.2. The van der Waals surface area contributed by atoms with Crippen LogP contribution in [0.4, 0.5) is 0 Å². The standard InChI is InChI=1S/C14H19NO/c1-2-4-14-13(3-1)8-12(10-16-14)7-11-5-6-15-9-11/h1-4,11-12,15H,5-10H2. The Morgan fingerprint density at radius 2 is 2.19 bits per heavy atom. The number of fused-ring (bicyclic) bond motifs is 1. The van der Waals surface area contributed by atoms with E-state index in [0.29, 0.717) is 0 Å². The molecule has 0 amide bonds. The van der Waals surface area contributed by atoms with E-state index in [1.54, 1.807) is 0 Å². The van der Waals surface area contributed by atoms with Crippen molar-refractivity contribution in [2.45, 2.75) is 19.3 Å². The monoisotopic (exact) mass is 217 g/mol. The quantitative estimate of drug-likeness (QED) is 0.820. The lowest BCUT2D eigenvalue weighted by atomic mass is 9.88. The number of benzene rings is 1. The topological polar surface area (TPSA) is 21.3 Å². The molecule has 1 fully saturated rings. The maximum Gasteiger partial charge on any atom is 0.122 e. The molecule has 1 aromatic carbocycles. The highest BCUT2D eigenvalue weighted by molar-refractivity contribution is 5.35. The Labute approximate surface area is 97.0 Å². The summed E-state index contributed by atoms with van der Waals surface area (Å²) in [5.41, 5.74) is 1.39. The van der Waals surface area contributed by atoms with Gasteiger partial charge in [-0.15, -0.1) is 0 Å². The molecule has 2 atom stereocenters. The molecule has 2 nitrogen and oxygen atoms in total. The number of rotatable bonds is 2. The molecule has 2 aliphatic heterocycles. The summed E-state index contributed by atoms with van der Waals surface area (Å²) in [4.78, 5) is 0. The lowest BCUT2D eigenvalue weighted by Crippen LogP contribution is -2.24. The molecule has 0 radical (unpaired) electrons. The molecule has 2 aliphatic rings. The van der Waals surface area contributed by atoms with Crippen molar-refractivity contribution < 1.29 is 4.74 Å². The van der Waals surface area contributed by atoms with Gasteiger partial charge in [0.2, 0.25) is 0 Å². The molecular formula is C14H19NO. The van der Waals surface area contributed by atoms with Crippen LogP contribution < -0.4 is 10.1 Å². The van der Waals surface area contributed by atoms with Gasteiger partial charge in [-0.1, -0.05) is 18.2 Å². The van der Waals surface area contributed by atoms with Gasteiger partial charge < -0.3 is 10.1 Å². The Morgan fingerprint density at radius 3 is 3.06 bits per heavy atom. The molecule has 1 saturated heterocycles. The maximum atomic E-state index is 5.83. The van der Waals surface area contributed by atoms with E-state index in [-0.39, 0.29) is 0 Å². The molecule has 2 heteroatoms. The van der Waals surface area contributed by atoms with Crippen LogP contribution in [0.15, 0.2) is 24.3 Å². The third-order valence-electron chi connectivity index (χ3n) is 3.78. The molecule has 2 heterocycles. The SMILES string of the molecule is c1ccc2c(c1)CC(CC1CCNC1)CO2. The number of nitrogens with one attached hydrogen (secondary N) is 1. The molecule has 1 aromatic rings. The zero-order chi connectivity index (χ0) is 10.8. The number of para-hydroxylation sites is 1. The maximum absolute atomic E-state index is 5.83. The minimum absolute atomic E-state index is 0.722. The van der Waals surface area contributed by atoms with E-state index < -0.39 is 0 Å². The van der Waals surface area contributed by atoms with Crippen LogP contribution in [0.1, 0.15) is 18.4 Å². The van der Waals surface area contributed by atoms with Crippen molar-refractivity contribution in [2.24, 2.45) is 11.8 Å². The van der Waals surface area contributed by atoms with Crippen LogP contribution in [0.5, 0.6) is 5.75 Å². The van der Waals surface area contributed by atoms with Crippen LogP contribution >= 0.6 is 0 Å². The Balaban J connectivity index is 1.63.